The molecule has 1 heterocycles. The Bertz CT molecular complexity index is 257. The van der Waals surface area contributed by atoms with Gasteiger partial charge in [-0.05, 0) is 25.0 Å². The largest absolute Gasteiger partial charge is 0.481 e. The van der Waals surface area contributed by atoms with Crippen LogP contribution < -0.4 is 5.43 Å². The zero-order valence-electron chi connectivity index (χ0n) is 8.15. The van der Waals surface area contributed by atoms with Gasteiger partial charge in [0.25, 0.3) is 0 Å². The van der Waals surface area contributed by atoms with Crippen molar-refractivity contribution in [3.63, 3.8) is 0 Å². The Kier molecular flexibility index (Phi) is 4.61. The molecule has 0 saturated heterocycles. The second-order valence-corrected chi connectivity index (χ2v) is 3.20. The van der Waals surface area contributed by atoms with Gasteiger partial charge in [0.05, 0.1) is 0 Å². The van der Waals surface area contributed by atoms with Crippen molar-refractivity contribution in [1.29, 1.82) is 0 Å². The summed E-state index contributed by atoms with van der Waals surface area (Å²) in [5, 5.41) is 8.40. The Morgan fingerprint density at radius 1 is 1.21 bits per heavy atom. The number of hydrogen-bond donors (Lipinski definition) is 2. The lowest BCUT2D eigenvalue weighted by atomic mass is 10.2. The third kappa shape index (κ3) is 4.54. The molecule has 0 aliphatic heterocycles. The van der Waals surface area contributed by atoms with Gasteiger partial charge in [0.2, 0.25) is 0 Å². The van der Waals surface area contributed by atoms with E-state index in [0.717, 1.165) is 25.8 Å². The zero-order chi connectivity index (χ0) is 10.2. The fraction of sp³-hybridized carbons (Fsp3) is 0.500. The number of nitrogens with zero attached hydrogens (tertiary/aromatic N) is 1. The number of hydrogen-bond acceptors (Lipinski definition) is 2. The minimum Gasteiger partial charge on any atom is -0.481 e. The van der Waals surface area contributed by atoms with Crippen LogP contribution in [0.5, 0.6) is 0 Å². The van der Waals surface area contributed by atoms with Crippen LogP contribution in [0.1, 0.15) is 25.7 Å². The first-order valence-electron chi connectivity index (χ1n) is 4.87. The summed E-state index contributed by atoms with van der Waals surface area (Å²) in [5.74, 6) is -0.705. The summed E-state index contributed by atoms with van der Waals surface area (Å²) >= 11 is 0. The highest BCUT2D eigenvalue weighted by molar-refractivity contribution is 5.66. The van der Waals surface area contributed by atoms with Gasteiger partial charge in [-0.2, -0.15) is 0 Å². The van der Waals surface area contributed by atoms with E-state index in [-0.39, 0.29) is 6.42 Å². The fourth-order valence-electron chi connectivity index (χ4n) is 1.23. The van der Waals surface area contributed by atoms with Crippen molar-refractivity contribution < 1.29 is 9.90 Å². The van der Waals surface area contributed by atoms with Gasteiger partial charge in [-0.3, -0.25) is 9.47 Å². The van der Waals surface area contributed by atoms with Crippen LogP contribution in [-0.4, -0.2) is 22.3 Å². The molecule has 0 unspecified atom stereocenters. The van der Waals surface area contributed by atoms with Crippen molar-refractivity contribution in [2.24, 2.45) is 0 Å². The van der Waals surface area contributed by atoms with E-state index in [4.69, 9.17) is 5.11 Å². The maximum absolute atomic E-state index is 10.2. The molecule has 4 nitrogen and oxygen atoms in total. The second-order valence-electron chi connectivity index (χ2n) is 3.20. The number of rotatable bonds is 7. The lowest BCUT2D eigenvalue weighted by molar-refractivity contribution is -0.137. The van der Waals surface area contributed by atoms with E-state index in [9.17, 15) is 4.79 Å². The number of nitrogens with one attached hydrogen (secondary N) is 1. The second kappa shape index (κ2) is 6.07. The number of aliphatic carboxylic acids is 1. The average molecular weight is 196 g/mol. The van der Waals surface area contributed by atoms with Crippen LogP contribution in [0.15, 0.2) is 24.5 Å². The van der Waals surface area contributed by atoms with E-state index in [2.05, 4.69) is 5.43 Å². The van der Waals surface area contributed by atoms with E-state index < -0.39 is 5.97 Å². The molecule has 78 valence electrons. The first kappa shape index (κ1) is 10.6. The van der Waals surface area contributed by atoms with Crippen LogP contribution in [0.25, 0.3) is 0 Å². The number of carboxylic acid groups (broad SMARTS) is 1. The van der Waals surface area contributed by atoms with Gasteiger partial charge >= 0.3 is 5.97 Å². The molecule has 0 aromatic carbocycles. The Labute approximate surface area is 83.5 Å². The standard InChI is InChI=1S/C10H16N2O2/c13-10(14)6-2-1-3-7-11-12-8-4-5-9-12/h4-5,8-9,11H,1-3,6-7H2,(H,13,14). The molecule has 1 aromatic rings. The summed E-state index contributed by atoms with van der Waals surface area (Å²) in [6, 6.07) is 3.91. The Balaban J connectivity index is 1.92. The first-order valence-corrected chi connectivity index (χ1v) is 4.87. The number of aromatic nitrogens is 1. The van der Waals surface area contributed by atoms with E-state index in [1.54, 1.807) is 0 Å². The topological polar surface area (TPSA) is 54.3 Å². The molecule has 0 saturated carbocycles. The molecule has 0 fully saturated rings. The highest BCUT2D eigenvalue weighted by atomic mass is 16.4. The van der Waals surface area contributed by atoms with Crippen LogP contribution in [-0.2, 0) is 4.79 Å². The minimum atomic E-state index is -0.705. The minimum absolute atomic E-state index is 0.281. The van der Waals surface area contributed by atoms with Crippen molar-refractivity contribution in [2.75, 3.05) is 12.0 Å². The molecule has 0 bridgehead atoms. The molecule has 0 radical (unpaired) electrons. The molecule has 1 aromatic heterocycles. The monoisotopic (exact) mass is 196 g/mol. The van der Waals surface area contributed by atoms with Gasteiger partial charge < -0.3 is 10.5 Å². The first-order chi connectivity index (χ1) is 6.79. The summed E-state index contributed by atoms with van der Waals surface area (Å²) in [5.41, 5.74) is 3.18. The van der Waals surface area contributed by atoms with E-state index >= 15 is 0 Å². The zero-order valence-corrected chi connectivity index (χ0v) is 8.15. The number of carbonyl (C=O) groups is 1. The summed E-state index contributed by atoms with van der Waals surface area (Å²) in [4.78, 5) is 10.2. The fourth-order valence-corrected chi connectivity index (χ4v) is 1.23. The summed E-state index contributed by atoms with van der Waals surface area (Å²) in [6.07, 6.45) is 6.90. The van der Waals surface area contributed by atoms with Crippen LogP contribution in [0.2, 0.25) is 0 Å². The third-order valence-corrected chi connectivity index (χ3v) is 1.97. The highest BCUT2D eigenvalue weighted by Gasteiger charge is 1.95. The molecule has 4 heteroatoms. The predicted octanol–water partition coefficient (Wildman–Crippen LogP) is 1.68. The van der Waals surface area contributed by atoms with Crippen molar-refractivity contribution in [3.05, 3.63) is 24.5 Å². The smallest absolute Gasteiger partial charge is 0.303 e. The van der Waals surface area contributed by atoms with Crippen LogP contribution in [0.3, 0.4) is 0 Å². The Morgan fingerprint density at radius 3 is 2.57 bits per heavy atom. The number of unbranched alkanes of at least 4 members (excludes halogenated alkanes) is 2. The van der Waals surface area contributed by atoms with Crippen LogP contribution >= 0.6 is 0 Å². The maximum atomic E-state index is 10.2. The van der Waals surface area contributed by atoms with Gasteiger partial charge in [-0.25, -0.2) is 0 Å². The summed E-state index contributed by atoms with van der Waals surface area (Å²) < 4.78 is 1.90. The van der Waals surface area contributed by atoms with Gasteiger partial charge in [0.15, 0.2) is 0 Å². The predicted molar refractivity (Wildman–Crippen MR) is 54.8 cm³/mol. The van der Waals surface area contributed by atoms with Crippen LogP contribution in [0.4, 0.5) is 0 Å². The molecule has 14 heavy (non-hydrogen) atoms. The van der Waals surface area contributed by atoms with Crippen molar-refractivity contribution >= 4 is 5.97 Å². The SMILES string of the molecule is O=C(O)CCCCCNn1cccc1. The number of carboxylic acids is 1. The molecule has 2 N–H and O–H groups in total. The molecule has 0 amide bonds. The molecular formula is C10H16N2O2. The summed E-state index contributed by atoms with van der Waals surface area (Å²) in [6.45, 7) is 0.883. The van der Waals surface area contributed by atoms with Gasteiger partial charge in [-0.1, -0.05) is 6.42 Å². The van der Waals surface area contributed by atoms with E-state index in [1.807, 2.05) is 29.2 Å². The quantitative estimate of drug-likeness (QED) is 0.652. The van der Waals surface area contributed by atoms with Crippen LogP contribution in [0, 0.1) is 0 Å². The molecule has 0 aliphatic rings. The molecule has 0 atom stereocenters. The van der Waals surface area contributed by atoms with Crippen molar-refractivity contribution in [3.8, 4) is 0 Å². The molecule has 0 aliphatic carbocycles. The summed E-state index contributed by atoms with van der Waals surface area (Å²) in [7, 11) is 0. The van der Waals surface area contributed by atoms with Gasteiger partial charge in [0.1, 0.15) is 0 Å². The molecule has 0 spiro atoms. The molecular weight excluding hydrogens is 180 g/mol. The van der Waals surface area contributed by atoms with Gasteiger partial charge in [-0.15, -0.1) is 0 Å². The van der Waals surface area contributed by atoms with Crippen molar-refractivity contribution in [2.45, 2.75) is 25.7 Å². The van der Waals surface area contributed by atoms with E-state index in [1.165, 1.54) is 0 Å². The Hall–Kier alpha value is -1.45. The molecule has 1 rings (SSSR count). The highest BCUT2D eigenvalue weighted by Crippen LogP contribution is 1.99. The lowest BCUT2D eigenvalue weighted by Gasteiger charge is -2.06. The average Bonchev–Trinajstić information content (AvgIpc) is 2.63. The third-order valence-electron chi connectivity index (χ3n) is 1.97. The van der Waals surface area contributed by atoms with Gasteiger partial charge in [0, 0.05) is 25.4 Å². The van der Waals surface area contributed by atoms with Crippen molar-refractivity contribution in [1.82, 2.24) is 4.68 Å². The Morgan fingerprint density at radius 2 is 1.93 bits per heavy atom. The van der Waals surface area contributed by atoms with E-state index in [0.29, 0.717) is 0 Å². The lowest BCUT2D eigenvalue weighted by Crippen LogP contribution is -2.13. The maximum Gasteiger partial charge on any atom is 0.303 e. The normalized spacial score (nSPS) is 10.0.